The summed E-state index contributed by atoms with van der Waals surface area (Å²) >= 11 is 0. The van der Waals surface area contributed by atoms with E-state index in [1.54, 1.807) is 12.1 Å². The molecule has 0 amide bonds. The lowest BCUT2D eigenvalue weighted by Crippen LogP contribution is -2.13. The molecule has 0 atom stereocenters. The molecule has 0 saturated heterocycles. The molecule has 136 valence electrons. The lowest BCUT2D eigenvalue weighted by molar-refractivity contribution is 0.303. The minimum absolute atomic E-state index is 0.222. The molecule has 2 aromatic carbocycles. The summed E-state index contributed by atoms with van der Waals surface area (Å²) in [4.78, 5) is 0. The van der Waals surface area contributed by atoms with Gasteiger partial charge in [-0.15, -0.1) is 0 Å². The zero-order chi connectivity index (χ0) is 18.2. The van der Waals surface area contributed by atoms with Crippen LogP contribution in [0.3, 0.4) is 0 Å². The number of unbranched alkanes of at least 4 members (excludes halogenated alkanes) is 2. The van der Waals surface area contributed by atoms with Crippen LogP contribution in [-0.2, 0) is 0 Å². The van der Waals surface area contributed by atoms with Gasteiger partial charge in [-0.05, 0) is 79.5 Å². The Morgan fingerprint density at radius 3 is 1.96 bits per heavy atom. The number of rotatable bonds is 5. The maximum absolute atomic E-state index is 12.9. The van der Waals surface area contributed by atoms with Crippen LogP contribution in [0, 0.1) is 23.6 Å². The fourth-order valence-corrected chi connectivity index (χ4v) is 3.98. The second-order valence-corrected chi connectivity index (χ2v) is 7.59. The second-order valence-electron chi connectivity index (χ2n) is 7.59. The highest BCUT2D eigenvalue weighted by atomic mass is 19.1. The molecule has 26 heavy (non-hydrogen) atoms. The summed E-state index contributed by atoms with van der Waals surface area (Å²) in [5.41, 5.74) is 3.33. The summed E-state index contributed by atoms with van der Waals surface area (Å²) in [5, 5.41) is 0. The molecule has 0 aromatic heterocycles. The van der Waals surface area contributed by atoms with Crippen molar-refractivity contribution in [2.75, 3.05) is 0 Å². The van der Waals surface area contributed by atoms with Gasteiger partial charge in [0.1, 0.15) is 5.82 Å². The Labute approximate surface area is 157 Å². The van der Waals surface area contributed by atoms with Gasteiger partial charge in [-0.1, -0.05) is 56.6 Å². The van der Waals surface area contributed by atoms with Gasteiger partial charge < -0.3 is 0 Å². The van der Waals surface area contributed by atoms with Crippen molar-refractivity contribution >= 4 is 0 Å². The molecule has 1 fully saturated rings. The van der Waals surface area contributed by atoms with Crippen LogP contribution in [0.2, 0.25) is 0 Å². The van der Waals surface area contributed by atoms with Crippen molar-refractivity contribution < 1.29 is 4.39 Å². The average Bonchev–Trinajstić information content (AvgIpc) is 2.69. The van der Waals surface area contributed by atoms with E-state index < -0.39 is 0 Å². The van der Waals surface area contributed by atoms with Gasteiger partial charge in [0.2, 0.25) is 0 Å². The first-order chi connectivity index (χ1) is 12.7. The lowest BCUT2D eigenvalue weighted by atomic mass is 9.77. The van der Waals surface area contributed by atoms with Crippen LogP contribution in [0.5, 0.6) is 0 Å². The maximum Gasteiger partial charge on any atom is 0.123 e. The van der Waals surface area contributed by atoms with Crippen molar-refractivity contribution in [1.82, 2.24) is 0 Å². The number of hydrogen-bond donors (Lipinski definition) is 0. The zero-order valence-corrected chi connectivity index (χ0v) is 15.8. The maximum atomic E-state index is 12.9. The Bertz CT molecular complexity index is 722. The smallest absolute Gasteiger partial charge is 0.123 e. The predicted molar refractivity (Wildman–Crippen MR) is 108 cm³/mol. The molecule has 2 aromatic rings. The Balaban J connectivity index is 1.53. The monoisotopic (exact) mass is 348 g/mol. The lowest BCUT2D eigenvalue weighted by Gasteiger charge is -2.29. The van der Waals surface area contributed by atoms with Gasteiger partial charge >= 0.3 is 0 Å². The van der Waals surface area contributed by atoms with E-state index >= 15 is 0 Å². The van der Waals surface area contributed by atoms with Crippen LogP contribution in [0.15, 0.2) is 48.5 Å². The van der Waals surface area contributed by atoms with Crippen LogP contribution in [0.1, 0.15) is 80.9 Å². The molecule has 3 rings (SSSR count). The number of halogens is 1. The van der Waals surface area contributed by atoms with E-state index in [1.165, 1.54) is 69.1 Å². The molecule has 0 spiro atoms. The molecule has 1 aliphatic rings. The van der Waals surface area contributed by atoms with Crippen LogP contribution in [0.25, 0.3) is 0 Å². The summed E-state index contributed by atoms with van der Waals surface area (Å²) in [6, 6.07) is 15.1. The Kier molecular flexibility index (Phi) is 6.89. The summed E-state index contributed by atoms with van der Waals surface area (Å²) in [7, 11) is 0. The standard InChI is InChI=1S/C25H29F/c1-2-3-4-5-20-8-14-23(15-9-20)24-16-10-21(11-17-24)6-7-22-12-18-25(26)19-13-22/h10-13,16-20,23H,2-5,8-9,14-15H2,1H3. The molecule has 0 unspecified atom stereocenters. The average molecular weight is 349 g/mol. The van der Waals surface area contributed by atoms with Gasteiger partial charge in [0.05, 0.1) is 0 Å². The molecule has 0 aliphatic heterocycles. The molecule has 0 bridgehead atoms. The van der Waals surface area contributed by atoms with Gasteiger partial charge in [-0.3, -0.25) is 0 Å². The van der Waals surface area contributed by atoms with Crippen LogP contribution in [0.4, 0.5) is 4.39 Å². The minimum Gasteiger partial charge on any atom is -0.207 e. The van der Waals surface area contributed by atoms with Crippen molar-refractivity contribution in [3.8, 4) is 11.8 Å². The summed E-state index contributed by atoms with van der Waals surface area (Å²) in [6.07, 6.45) is 11.0. The molecule has 0 nitrogen and oxygen atoms in total. The van der Waals surface area contributed by atoms with Gasteiger partial charge in [-0.25, -0.2) is 4.39 Å². The van der Waals surface area contributed by atoms with Crippen molar-refractivity contribution in [3.05, 3.63) is 71.0 Å². The molecular weight excluding hydrogens is 319 g/mol. The molecule has 1 heteroatoms. The highest BCUT2D eigenvalue weighted by Gasteiger charge is 2.21. The number of benzene rings is 2. The summed E-state index contributed by atoms with van der Waals surface area (Å²) < 4.78 is 12.9. The van der Waals surface area contributed by atoms with Gasteiger partial charge in [0, 0.05) is 11.1 Å². The number of hydrogen-bond acceptors (Lipinski definition) is 0. The van der Waals surface area contributed by atoms with Gasteiger partial charge in [0.15, 0.2) is 0 Å². The van der Waals surface area contributed by atoms with Crippen molar-refractivity contribution in [1.29, 1.82) is 0 Å². The van der Waals surface area contributed by atoms with Crippen molar-refractivity contribution in [2.45, 2.75) is 64.2 Å². The van der Waals surface area contributed by atoms with E-state index in [1.807, 2.05) is 0 Å². The van der Waals surface area contributed by atoms with Crippen LogP contribution >= 0.6 is 0 Å². The quantitative estimate of drug-likeness (QED) is 0.400. The first kappa shape index (κ1) is 18.7. The third kappa shape index (κ3) is 5.46. The minimum atomic E-state index is -0.222. The Morgan fingerprint density at radius 2 is 1.38 bits per heavy atom. The van der Waals surface area contributed by atoms with E-state index in [4.69, 9.17) is 0 Å². The van der Waals surface area contributed by atoms with E-state index in [9.17, 15) is 4.39 Å². The highest BCUT2D eigenvalue weighted by Crippen LogP contribution is 2.37. The fraction of sp³-hybridized carbons (Fsp3) is 0.440. The Morgan fingerprint density at radius 1 is 0.808 bits per heavy atom. The topological polar surface area (TPSA) is 0 Å². The van der Waals surface area contributed by atoms with E-state index in [2.05, 4.69) is 43.0 Å². The van der Waals surface area contributed by atoms with Gasteiger partial charge in [0.25, 0.3) is 0 Å². The molecule has 0 radical (unpaired) electrons. The van der Waals surface area contributed by atoms with E-state index in [0.717, 1.165) is 23.0 Å². The third-order valence-electron chi connectivity index (χ3n) is 5.64. The highest BCUT2D eigenvalue weighted by molar-refractivity contribution is 5.43. The normalized spacial score (nSPS) is 19.6. The molecule has 1 aliphatic carbocycles. The van der Waals surface area contributed by atoms with Crippen molar-refractivity contribution in [2.24, 2.45) is 5.92 Å². The Hall–Kier alpha value is -2.07. The fourth-order valence-electron chi connectivity index (χ4n) is 3.98. The van der Waals surface area contributed by atoms with E-state index in [0.29, 0.717) is 0 Å². The van der Waals surface area contributed by atoms with Crippen LogP contribution < -0.4 is 0 Å². The van der Waals surface area contributed by atoms with Crippen molar-refractivity contribution in [3.63, 3.8) is 0 Å². The van der Waals surface area contributed by atoms with Crippen LogP contribution in [-0.4, -0.2) is 0 Å². The third-order valence-corrected chi connectivity index (χ3v) is 5.64. The molecule has 0 N–H and O–H groups in total. The summed E-state index contributed by atoms with van der Waals surface area (Å²) in [6.45, 7) is 2.28. The SMILES string of the molecule is CCCCCC1CCC(c2ccc(C#Cc3ccc(F)cc3)cc2)CC1. The first-order valence-electron chi connectivity index (χ1n) is 10.1. The molecular formula is C25H29F. The second kappa shape index (κ2) is 9.58. The van der Waals surface area contributed by atoms with E-state index in [-0.39, 0.29) is 5.82 Å². The van der Waals surface area contributed by atoms with Gasteiger partial charge in [-0.2, -0.15) is 0 Å². The molecule has 0 heterocycles. The largest absolute Gasteiger partial charge is 0.207 e. The zero-order valence-electron chi connectivity index (χ0n) is 15.8. The summed E-state index contributed by atoms with van der Waals surface area (Å²) in [5.74, 6) is 7.73. The predicted octanol–water partition coefficient (Wildman–Crippen LogP) is 7.08. The first-order valence-corrected chi connectivity index (χ1v) is 10.1. The molecule has 1 saturated carbocycles.